The van der Waals surface area contributed by atoms with E-state index in [1.165, 1.54) is 4.90 Å². The van der Waals surface area contributed by atoms with Gasteiger partial charge in [0.05, 0.1) is 18.8 Å². The van der Waals surface area contributed by atoms with Gasteiger partial charge in [0, 0.05) is 17.0 Å². The third kappa shape index (κ3) is 5.40. The highest BCUT2D eigenvalue weighted by Gasteiger charge is 2.52. The lowest BCUT2D eigenvalue weighted by Gasteiger charge is -2.39. The summed E-state index contributed by atoms with van der Waals surface area (Å²) < 4.78 is 11.4. The molecule has 3 aromatic rings. The van der Waals surface area contributed by atoms with Gasteiger partial charge in [-0.25, -0.2) is 19.6 Å². The summed E-state index contributed by atoms with van der Waals surface area (Å²) in [5.41, 5.74) is 1.24. The molecule has 0 fully saturated rings. The molecular weight excluding hydrogens is 512 g/mol. The molecule has 4 rings (SSSR count). The van der Waals surface area contributed by atoms with Crippen LogP contribution in [0.1, 0.15) is 50.2 Å². The zero-order valence-electron chi connectivity index (χ0n) is 23.1. The minimum atomic E-state index is -1.60. The number of nitrogens with one attached hydrogen (secondary N) is 1. The molecule has 1 amide bonds. The largest absolute Gasteiger partial charge is 0.478 e. The number of aryl methyl sites for hydroxylation is 2. The number of hydrogen-bond donors (Lipinski definition) is 2. The van der Waals surface area contributed by atoms with E-state index in [9.17, 15) is 19.5 Å². The lowest BCUT2D eigenvalue weighted by Crippen LogP contribution is -2.58. The van der Waals surface area contributed by atoms with Crippen LogP contribution < -0.4 is 15.0 Å². The summed E-state index contributed by atoms with van der Waals surface area (Å²) in [6, 6.07) is 16.7. The second-order valence-electron chi connectivity index (χ2n) is 9.41. The Morgan fingerprint density at radius 1 is 1.02 bits per heavy atom. The van der Waals surface area contributed by atoms with Crippen molar-refractivity contribution in [2.75, 3.05) is 18.1 Å². The number of esters is 1. The lowest BCUT2D eigenvalue weighted by atomic mass is 9.77. The molecule has 2 N–H and O–H groups in total. The topological polar surface area (TPSA) is 131 Å². The Hall–Kier alpha value is -4.31. The number of aliphatic carboxylic acids is 1. The molecule has 10 nitrogen and oxygen atoms in total. The third-order valence-corrected chi connectivity index (χ3v) is 7.00. The van der Waals surface area contributed by atoms with Gasteiger partial charge < -0.3 is 14.6 Å². The van der Waals surface area contributed by atoms with Crippen LogP contribution in [0.5, 0.6) is 6.01 Å². The van der Waals surface area contributed by atoms with Crippen molar-refractivity contribution in [1.29, 1.82) is 0 Å². The minimum Gasteiger partial charge on any atom is -0.478 e. The highest BCUT2D eigenvalue weighted by Crippen LogP contribution is 2.42. The van der Waals surface area contributed by atoms with E-state index < -0.39 is 35.5 Å². The predicted octanol–water partition coefficient (Wildman–Crippen LogP) is 3.27. The average molecular weight is 547 g/mol. The Balaban J connectivity index is 1.97. The van der Waals surface area contributed by atoms with E-state index in [1.54, 1.807) is 62.4 Å². The first-order valence-electron chi connectivity index (χ1n) is 13.4. The van der Waals surface area contributed by atoms with Gasteiger partial charge in [0.2, 0.25) is 12.0 Å². The van der Waals surface area contributed by atoms with E-state index in [0.29, 0.717) is 29.7 Å². The number of carbonyl (C=O) groups is 3. The van der Waals surface area contributed by atoms with E-state index in [-0.39, 0.29) is 19.2 Å². The number of rotatable bonds is 10. The van der Waals surface area contributed by atoms with Crippen molar-refractivity contribution in [2.24, 2.45) is 0 Å². The van der Waals surface area contributed by atoms with Crippen LogP contribution in [0.25, 0.3) is 0 Å². The summed E-state index contributed by atoms with van der Waals surface area (Å²) >= 11 is 0. The first kappa shape index (κ1) is 28.7. The van der Waals surface area contributed by atoms with E-state index >= 15 is 0 Å². The van der Waals surface area contributed by atoms with Crippen LogP contribution >= 0.6 is 0 Å². The molecule has 3 atom stereocenters. The smallest absolute Gasteiger partial charge is 0.347 e. The maximum atomic E-state index is 13.6. The number of amides is 1. The second kappa shape index (κ2) is 12.3. The molecule has 40 heavy (non-hydrogen) atoms. The van der Waals surface area contributed by atoms with Crippen LogP contribution in [-0.2, 0) is 37.5 Å². The number of ether oxygens (including phenoxy) is 2. The Morgan fingerprint density at radius 3 is 2.25 bits per heavy atom. The van der Waals surface area contributed by atoms with Crippen LogP contribution in [0.4, 0.5) is 5.69 Å². The van der Waals surface area contributed by atoms with Crippen molar-refractivity contribution in [3.05, 3.63) is 83.2 Å². The number of hydrogen-bond acceptors (Lipinski definition) is 8. The second-order valence-corrected chi connectivity index (χ2v) is 9.41. The lowest BCUT2D eigenvalue weighted by molar-refractivity contribution is -0.149. The molecule has 0 bridgehead atoms. The summed E-state index contributed by atoms with van der Waals surface area (Å²) in [6.45, 7) is 7.05. The number of aromatic nitrogens is 2. The summed E-state index contributed by atoms with van der Waals surface area (Å²) in [7, 11) is 0. The van der Waals surface area contributed by atoms with Crippen molar-refractivity contribution in [2.45, 2.75) is 58.2 Å². The van der Waals surface area contributed by atoms with Gasteiger partial charge in [-0.3, -0.25) is 15.0 Å². The van der Waals surface area contributed by atoms with Crippen molar-refractivity contribution >= 4 is 23.5 Å². The fourth-order valence-corrected chi connectivity index (χ4v) is 5.06. The van der Waals surface area contributed by atoms with Gasteiger partial charge in [0.15, 0.2) is 0 Å². The fraction of sp³-hybridized carbons (Fsp3) is 0.367. The first-order valence-corrected chi connectivity index (χ1v) is 13.4. The number of carboxylic acid groups (broad SMARTS) is 1. The van der Waals surface area contributed by atoms with Crippen molar-refractivity contribution in [1.82, 2.24) is 15.3 Å². The van der Waals surface area contributed by atoms with Crippen LogP contribution in [0.15, 0.2) is 60.7 Å². The average Bonchev–Trinajstić information content (AvgIpc) is 3.10. The van der Waals surface area contributed by atoms with Gasteiger partial charge in [-0.15, -0.1) is 0 Å². The molecule has 0 aliphatic carbocycles. The summed E-state index contributed by atoms with van der Waals surface area (Å²) in [4.78, 5) is 49.8. The zero-order chi connectivity index (χ0) is 28.9. The van der Waals surface area contributed by atoms with Gasteiger partial charge in [-0.2, -0.15) is 0 Å². The normalized spacial score (nSPS) is 18.3. The summed E-state index contributed by atoms with van der Waals surface area (Å²) in [5.74, 6) is -2.28. The Bertz CT molecular complexity index is 1360. The van der Waals surface area contributed by atoms with Gasteiger partial charge in [-0.1, -0.05) is 62.4 Å². The maximum Gasteiger partial charge on any atom is 0.347 e. The maximum absolute atomic E-state index is 13.6. The summed E-state index contributed by atoms with van der Waals surface area (Å²) in [6.07, 6.45) is -0.369. The number of anilines is 1. The van der Waals surface area contributed by atoms with Crippen molar-refractivity contribution in [3.63, 3.8) is 0 Å². The van der Waals surface area contributed by atoms with Gasteiger partial charge in [-0.05, 0) is 44.4 Å². The number of benzene rings is 2. The third-order valence-electron chi connectivity index (χ3n) is 7.00. The van der Waals surface area contributed by atoms with Gasteiger partial charge in [0.1, 0.15) is 11.6 Å². The highest BCUT2D eigenvalue weighted by atomic mass is 16.5. The van der Waals surface area contributed by atoms with E-state index in [2.05, 4.69) is 15.3 Å². The fourth-order valence-electron chi connectivity index (χ4n) is 5.06. The van der Waals surface area contributed by atoms with E-state index in [4.69, 9.17) is 9.47 Å². The number of nitrogens with zero attached hydrogens (tertiary/aromatic N) is 3. The molecule has 1 aromatic heterocycles. The Kier molecular flexibility index (Phi) is 8.79. The highest BCUT2D eigenvalue weighted by molar-refractivity contribution is 6.02. The Labute approximate surface area is 233 Å². The molecule has 0 saturated carbocycles. The predicted molar refractivity (Wildman–Crippen MR) is 148 cm³/mol. The molecular formula is C30H34N4O6. The van der Waals surface area contributed by atoms with Crippen LogP contribution in [-0.4, -0.2) is 58.2 Å². The van der Waals surface area contributed by atoms with E-state index in [1.807, 2.05) is 26.0 Å². The number of fused-ring (bicyclic) bond motifs is 1. The minimum absolute atomic E-state index is 0.0643. The number of carboxylic acids is 1. The van der Waals surface area contributed by atoms with Crippen molar-refractivity contribution < 1.29 is 29.0 Å². The molecule has 1 aliphatic heterocycles. The van der Waals surface area contributed by atoms with Gasteiger partial charge >= 0.3 is 17.9 Å². The number of carbonyl (C=O) groups excluding carboxylic acids is 2. The summed E-state index contributed by atoms with van der Waals surface area (Å²) in [5, 5.41) is 13.9. The molecule has 210 valence electrons. The SMILES string of the molecule is CCOC(=O)C(C)N1C(=O)CN[C@](c2ccccc2)([C@H](Oc2nc(CC)cc(CC)n2)C(=O)O)c2ccccc21. The van der Waals surface area contributed by atoms with Crippen LogP contribution in [0.3, 0.4) is 0 Å². The Morgan fingerprint density at radius 2 is 1.65 bits per heavy atom. The monoisotopic (exact) mass is 546 g/mol. The molecule has 0 spiro atoms. The quantitative estimate of drug-likeness (QED) is 0.368. The van der Waals surface area contributed by atoms with E-state index in [0.717, 1.165) is 11.4 Å². The van der Waals surface area contributed by atoms with Crippen LogP contribution in [0, 0.1) is 0 Å². The van der Waals surface area contributed by atoms with Crippen molar-refractivity contribution in [3.8, 4) is 6.01 Å². The molecule has 0 radical (unpaired) electrons. The van der Waals surface area contributed by atoms with Gasteiger partial charge in [0.25, 0.3) is 0 Å². The first-order chi connectivity index (χ1) is 19.3. The molecule has 2 heterocycles. The zero-order valence-corrected chi connectivity index (χ0v) is 23.1. The standard InChI is InChI=1S/C30H34N4O6/c1-5-21-17-22(6-2)33-29(32-21)40-26(27(36)37)30(20-13-9-8-10-14-20)23-15-11-12-16-24(23)34(25(35)18-31-30)19(4)28(38)39-7-3/h8-17,19,26,31H,5-7,18H2,1-4H3,(H,36,37)/t19?,26-,30+/m1/s1. The number of para-hydroxylation sites is 1. The van der Waals surface area contributed by atoms with Crippen LogP contribution in [0.2, 0.25) is 0 Å². The molecule has 1 unspecified atom stereocenters. The molecule has 1 aliphatic rings. The molecule has 10 heteroatoms. The molecule has 0 saturated heterocycles. The molecule has 2 aromatic carbocycles.